The number of hydrogen-bond donors (Lipinski definition) is 0. The molecule has 0 spiro atoms. The van der Waals surface area contributed by atoms with Crippen molar-refractivity contribution in [3.8, 4) is 0 Å². The van der Waals surface area contributed by atoms with Gasteiger partial charge in [-0.1, -0.05) is 11.6 Å². The molecule has 4 heteroatoms. The summed E-state index contributed by atoms with van der Waals surface area (Å²) in [5.41, 5.74) is -0.401. The Morgan fingerprint density at radius 1 is 1.45 bits per heavy atom. The van der Waals surface area contributed by atoms with Gasteiger partial charge in [-0.2, -0.15) is 0 Å². The summed E-state index contributed by atoms with van der Waals surface area (Å²) in [6.07, 6.45) is 1.54. The second-order valence-electron chi connectivity index (χ2n) is 2.47. The molecule has 1 aliphatic rings. The van der Waals surface area contributed by atoms with Crippen molar-refractivity contribution in [1.82, 2.24) is 0 Å². The summed E-state index contributed by atoms with van der Waals surface area (Å²) in [6, 6.07) is 0. The molecule has 0 unspecified atom stereocenters. The predicted molar refractivity (Wildman–Crippen MR) is 45.0 cm³/mol. The molecule has 1 heterocycles. The van der Waals surface area contributed by atoms with Gasteiger partial charge in [0.25, 0.3) is 0 Å². The highest BCUT2D eigenvalue weighted by atomic mass is 35.5. The van der Waals surface area contributed by atoms with E-state index in [4.69, 9.17) is 32.7 Å². The van der Waals surface area contributed by atoms with Gasteiger partial charge in [-0.25, -0.2) is 0 Å². The van der Waals surface area contributed by atoms with Gasteiger partial charge in [0.15, 0.2) is 11.9 Å². The van der Waals surface area contributed by atoms with Gasteiger partial charge in [0, 0.05) is 6.61 Å². The second kappa shape index (κ2) is 4.51. The van der Waals surface area contributed by atoms with Crippen LogP contribution in [-0.2, 0) is 9.47 Å². The first kappa shape index (κ1) is 9.59. The van der Waals surface area contributed by atoms with Gasteiger partial charge in [0.05, 0.1) is 5.38 Å². The number of ether oxygens (including phenoxy) is 2. The van der Waals surface area contributed by atoms with E-state index in [0.29, 0.717) is 6.61 Å². The maximum atomic E-state index is 5.82. The van der Waals surface area contributed by atoms with Gasteiger partial charge in [0.2, 0.25) is 0 Å². The molecule has 1 rings (SSSR count). The zero-order chi connectivity index (χ0) is 8.27. The van der Waals surface area contributed by atoms with Gasteiger partial charge < -0.3 is 9.47 Å². The van der Waals surface area contributed by atoms with Crippen molar-refractivity contribution in [2.45, 2.75) is 37.0 Å². The van der Waals surface area contributed by atoms with E-state index in [1.165, 1.54) is 0 Å². The van der Waals surface area contributed by atoms with Crippen LogP contribution >= 0.6 is 23.2 Å². The van der Waals surface area contributed by atoms with Gasteiger partial charge in [-0.15, -0.1) is 11.6 Å². The summed E-state index contributed by atoms with van der Waals surface area (Å²) in [5.74, 6) is 0. The Kier molecular flexibility index (Phi) is 3.93. The Hall–Kier alpha value is 0.500. The Morgan fingerprint density at radius 3 is 2.73 bits per heavy atom. The smallest absolute Gasteiger partial charge is 0.159 e. The molecule has 0 amide bonds. The lowest BCUT2D eigenvalue weighted by atomic mass is 10.2. The molecule has 1 aliphatic heterocycles. The van der Waals surface area contributed by atoms with E-state index < -0.39 is 5.56 Å². The average Bonchev–Trinajstić information content (AvgIpc) is 1.98. The summed E-state index contributed by atoms with van der Waals surface area (Å²) >= 11 is 11.6. The van der Waals surface area contributed by atoms with Crippen LogP contribution in [0.15, 0.2) is 0 Å². The number of halogens is 2. The van der Waals surface area contributed by atoms with Crippen molar-refractivity contribution < 1.29 is 9.47 Å². The first-order valence-corrected chi connectivity index (χ1v) is 4.66. The van der Waals surface area contributed by atoms with E-state index >= 15 is 0 Å². The summed E-state index contributed by atoms with van der Waals surface area (Å²) < 4.78 is 10.5. The summed E-state index contributed by atoms with van der Waals surface area (Å²) in [4.78, 5) is 0. The minimum Gasteiger partial charge on any atom is -0.353 e. The second-order valence-corrected chi connectivity index (χ2v) is 3.46. The zero-order valence-corrected chi connectivity index (χ0v) is 7.94. The largest absolute Gasteiger partial charge is 0.353 e. The van der Waals surface area contributed by atoms with E-state index in [1.807, 2.05) is 6.92 Å². The van der Waals surface area contributed by atoms with Crippen LogP contribution in [0.25, 0.3) is 0 Å². The van der Waals surface area contributed by atoms with Crippen LogP contribution < -0.4 is 0 Å². The maximum Gasteiger partial charge on any atom is 0.159 e. The van der Waals surface area contributed by atoms with Crippen molar-refractivity contribution in [3.63, 3.8) is 0 Å². The van der Waals surface area contributed by atoms with E-state index in [1.54, 1.807) is 0 Å². The first-order valence-electron chi connectivity index (χ1n) is 3.79. The minimum atomic E-state index is -0.401. The molecule has 11 heavy (non-hydrogen) atoms. The molecule has 1 fully saturated rings. The summed E-state index contributed by atoms with van der Waals surface area (Å²) in [6.45, 7) is 2.58. The first-order chi connectivity index (χ1) is 5.24. The maximum absolute atomic E-state index is 5.82. The normalized spacial score (nSPS) is 39.0. The quantitative estimate of drug-likeness (QED) is 0.635. The highest BCUT2D eigenvalue weighted by molar-refractivity contribution is 6.29. The van der Waals surface area contributed by atoms with Crippen molar-refractivity contribution in [2.24, 2.45) is 0 Å². The van der Waals surface area contributed by atoms with E-state index in [-0.39, 0.29) is 11.7 Å². The number of hydrogen-bond acceptors (Lipinski definition) is 2. The van der Waals surface area contributed by atoms with Gasteiger partial charge in [0.1, 0.15) is 0 Å². The predicted octanol–water partition coefficient (Wildman–Crippen LogP) is 2.33. The van der Waals surface area contributed by atoms with Crippen LogP contribution in [0.2, 0.25) is 0 Å². The van der Waals surface area contributed by atoms with Crippen molar-refractivity contribution in [3.05, 3.63) is 0 Å². The van der Waals surface area contributed by atoms with Crippen LogP contribution in [0.3, 0.4) is 0 Å². The summed E-state index contributed by atoms with van der Waals surface area (Å²) in [5, 5.41) is -0.0756. The topological polar surface area (TPSA) is 18.5 Å². The molecule has 0 aromatic heterocycles. The Morgan fingerprint density at radius 2 is 2.18 bits per heavy atom. The Balaban J connectivity index is 2.28. The van der Waals surface area contributed by atoms with Crippen LogP contribution in [0.1, 0.15) is 19.8 Å². The third kappa shape index (κ3) is 2.79. The fraction of sp³-hybridized carbons (Fsp3) is 1.00. The molecular weight excluding hydrogens is 187 g/mol. The molecule has 0 bridgehead atoms. The molecule has 0 aromatic rings. The average molecular weight is 199 g/mol. The Labute approximate surface area is 76.8 Å². The van der Waals surface area contributed by atoms with Crippen molar-refractivity contribution in [2.75, 3.05) is 6.61 Å². The molecule has 0 aromatic carbocycles. The molecule has 0 N–H and O–H groups in total. The van der Waals surface area contributed by atoms with Crippen molar-refractivity contribution in [1.29, 1.82) is 0 Å². The van der Waals surface area contributed by atoms with Crippen LogP contribution in [-0.4, -0.2) is 23.8 Å². The SMILES string of the molecule is CCO[C@@H]1CC[C@@H](Cl)[C@H](Cl)O1. The fourth-order valence-electron chi connectivity index (χ4n) is 1.03. The van der Waals surface area contributed by atoms with Crippen LogP contribution in [0.5, 0.6) is 0 Å². The molecule has 1 saturated heterocycles. The molecule has 66 valence electrons. The lowest BCUT2D eigenvalue weighted by molar-refractivity contribution is -0.169. The standard InChI is InChI=1S/C7H12Cl2O2/c1-2-10-6-4-3-5(8)7(9)11-6/h5-7H,2-4H2,1H3/t5-,6+,7-/m1/s1. The molecule has 0 radical (unpaired) electrons. The molecule has 3 atom stereocenters. The van der Waals surface area contributed by atoms with E-state index in [0.717, 1.165) is 12.8 Å². The van der Waals surface area contributed by atoms with Crippen molar-refractivity contribution >= 4 is 23.2 Å². The summed E-state index contributed by atoms with van der Waals surface area (Å²) in [7, 11) is 0. The van der Waals surface area contributed by atoms with E-state index in [9.17, 15) is 0 Å². The lowest BCUT2D eigenvalue weighted by Crippen LogP contribution is -2.33. The molecular formula is C7H12Cl2O2. The zero-order valence-electron chi connectivity index (χ0n) is 6.43. The lowest BCUT2D eigenvalue weighted by Gasteiger charge is -2.29. The monoisotopic (exact) mass is 198 g/mol. The molecule has 0 aliphatic carbocycles. The van der Waals surface area contributed by atoms with E-state index in [2.05, 4.69) is 0 Å². The Bertz CT molecular complexity index is 121. The minimum absolute atomic E-state index is 0.0756. The highest BCUT2D eigenvalue weighted by Gasteiger charge is 2.28. The molecule has 0 saturated carbocycles. The van der Waals surface area contributed by atoms with Gasteiger partial charge in [-0.05, 0) is 19.8 Å². The fourth-order valence-corrected chi connectivity index (χ4v) is 1.46. The van der Waals surface area contributed by atoms with Gasteiger partial charge >= 0.3 is 0 Å². The third-order valence-corrected chi connectivity index (χ3v) is 2.58. The van der Waals surface area contributed by atoms with Crippen LogP contribution in [0.4, 0.5) is 0 Å². The number of rotatable bonds is 2. The van der Waals surface area contributed by atoms with Crippen LogP contribution in [0, 0.1) is 0 Å². The number of alkyl halides is 2. The van der Waals surface area contributed by atoms with Gasteiger partial charge in [-0.3, -0.25) is 0 Å². The molecule has 2 nitrogen and oxygen atoms in total. The third-order valence-electron chi connectivity index (χ3n) is 1.60. The highest BCUT2D eigenvalue weighted by Crippen LogP contribution is 2.26.